The second kappa shape index (κ2) is 3.66. The zero-order chi connectivity index (χ0) is 11.1. The van der Waals surface area contributed by atoms with E-state index in [-0.39, 0.29) is 18.5 Å². The van der Waals surface area contributed by atoms with E-state index in [1.54, 1.807) is 0 Å². The second-order valence-corrected chi connectivity index (χ2v) is 4.11. The molecule has 15 heavy (non-hydrogen) atoms. The molecule has 0 aliphatic carbocycles. The van der Waals surface area contributed by atoms with Crippen molar-refractivity contribution in [3.8, 4) is 0 Å². The van der Waals surface area contributed by atoms with Crippen molar-refractivity contribution in [2.24, 2.45) is 5.92 Å². The molecular weight excluding hydrogens is 209 g/mol. The Morgan fingerprint density at radius 2 is 2.07 bits per heavy atom. The third kappa shape index (κ3) is 1.95. The van der Waals surface area contributed by atoms with Gasteiger partial charge in [-0.25, -0.2) is 0 Å². The summed E-state index contributed by atoms with van der Waals surface area (Å²) in [5, 5.41) is 3.03. The Morgan fingerprint density at radius 3 is 2.73 bits per heavy atom. The fraction of sp³-hybridized carbons (Fsp3) is 0.889. The molecule has 0 saturated carbocycles. The largest absolute Gasteiger partial charge is 0.471 e. The molecule has 2 fully saturated rings. The first-order chi connectivity index (χ1) is 7.00. The number of alkyl halides is 3. The maximum atomic E-state index is 12.2. The number of piperidine rings is 1. The van der Waals surface area contributed by atoms with Gasteiger partial charge < -0.3 is 10.2 Å². The van der Waals surface area contributed by atoms with Crippen molar-refractivity contribution in [2.75, 3.05) is 19.6 Å². The number of carbonyl (C=O) groups excluding carboxylic acids is 1. The molecular formula is C9H13F3N2O. The maximum Gasteiger partial charge on any atom is 0.471 e. The van der Waals surface area contributed by atoms with E-state index in [9.17, 15) is 18.0 Å². The standard InChI is InChI=1S/C9H13F3N2O/c10-9(11,12)8(15)14-4-2-6-1-3-13-5-7(6)14/h6-7,13H,1-5H2/t6-,7-/m1/s1. The number of hydrogen-bond donors (Lipinski definition) is 1. The van der Waals surface area contributed by atoms with E-state index < -0.39 is 12.1 Å². The molecule has 2 saturated heterocycles. The highest BCUT2D eigenvalue weighted by atomic mass is 19.4. The molecule has 0 aromatic carbocycles. The Kier molecular flexibility index (Phi) is 2.62. The molecule has 1 amide bonds. The van der Waals surface area contributed by atoms with Crippen LogP contribution in [0.5, 0.6) is 0 Å². The Balaban J connectivity index is 2.08. The van der Waals surface area contributed by atoms with E-state index in [2.05, 4.69) is 5.32 Å². The lowest BCUT2D eigenvalue weighted by molar-refractivity contribution is -0.186. The molecule has 2 aliphatic rings. The van der Waals surface area contributed by atoms with Gasteiger partial charge in [-0.15, -0.1) is 0 Å². The van der Waals surface area contributed by atoms with Gasteiger partial charge in [0, 0.05) is 19.1 Å². The van der Waals surface area contributed by atoms with Crippen LogP contribution in [-0.2, 0) is 4.79 Å². The quantitative estimate of drug-likeness (QED) is 0.656. The number of hydrogen-bond acceptors (Lipinski definition) is 2. The molecule has 0 aromatic rings. The Labute approximate surface area is 85.6 Å². The highest BCUT2D eigenvalue weighted by molar-refractivity contribution is 5.82. The van der Waals surface area contributed by atoms with Crippen LogP contribution in [0.4, 0.5) is 13.2 Å². The van der Waals surface area contributed by atoms with Crippen LogP contribution in [0.2, 0.25) is 0 Å². The van der Waals surface area contributed by atoms with E-state index in [0.717, 1.165) is 17.9 Å². The van der Waals surface area contributed by atoms with E-state index in [4.69, 9.17) is 0 Å². The third-order valence-corrected chi connectivity index (χ3v) is 3.23. The van der Waals surface area contributed by atoms with Crippen molar-refractivity contribution in [1.29, 1.82) is 0 Å². The van der Waals surface area contributed by atoms with Crippen molar-refractivity contribution >= 4 is 5.91 Å². The number of nitrogens with zero attached hydrogens (tertiary/aromatic N) is 1. The molecule has 0 aromatic heterocycles. The molecule has 2 heterocycles. The predicted octanol–water partition coefficient (Wildman–Crippen LogP) is 0.759. The van der Waals surface area contributed by atoms with Gasteiger partial charge in [0.05, 0.1) is 0 Å². The van der Waals surface area contributed by atoms with Gasteiger partial charge in [0.15, 0.2) is 0 Å². The first-order valence-electron chi connectivity index (χ1n) is 5.08. The lowest BCUT2D eigenvalue weighted by atomic mass is 9.93. The zero-order valence-electron chi connectivity index (χ0n) is 8.18. The van der Waals surface area contributed by atoms with Crippen LogP contribution in [0.1, 0.15) is 12.8 Å². The summed E-state index contributed by atoms with van der Waals surface area (Å²) in [6, 6.07) is -0.257. The minimum atomic E-state index is -4.73. The molecule has 2 rings (SSSR count). The highest BCUT2D eigenvalue weighted by Gasteiger charge is 2.48. The van der Waals surface area contributed by atoms with Crippen LogP contribution in [0.25, 0.3) is 0 Å². The lowest BCUT2D eigenvalue weighted by Crippen LogP contribution is -2.51. The smallest absolute Gasteiger partial charge is 0.330 e. The summed E-state index contributed by atoms with van der Waals surface area (Å²) >= 11 is 0. The van der Waals surface area contributed by atoms with Crippen LogP contribution in [0, 0.1) is 5.92 Å². The molecule has 0 spiro atoms. The van der Waals surface area contributed by atoms with Gasteiger partial charge in [-0.1, -0.05) is 0 Å². The number of amides is 1. The first-order valence-corrected chi connectivity index (χ1v) is 5.08. The number of halogens is 3. The third-order valence-electron chi connectivity index (χ3n) is 3.23. The molecule has 2 aliphatic heterocycles. The van der Waals surface area contributed by atoms with Gasteiger partial charge in [0.1, 0.15) is 0 Å². The number of fused-ring (bicyclic) bond motifs is 1. The van der Waals surface area contributed by atoms with Crippen molar-refractivity contribution < 1.29 is 18.0 Å². The van der Waals surface area contributed by atoms with E-state index in [0.29, 0.717) is 13.0 Å². The summed E-state index contributed by atoms with van der Waals surface area (Å²) < 4.78 is 36.7. The highest BCUT2D eigenvalue weighted by Crippen LogP contribution is 2.32. The minimum Gasteiger partial charge on any atom is -0.330 e. The molecule has 0 unspecified atom stereocenters. The van der Waals surface area contributed by atoms with E-state index in [1.165, 1.54) is 0 Å². The SMILES string of the molecule is O=C(N1CC[C@H]2CCNC[C@H]21)C(F)(F)F. The molecule has 1 N–H and O–H groups in total. The van der Waals surface area contributed by atoms with Gasteiger partial charge >= 0.3 is 12.1 Å². The van der Waals surface area contributed by atoms with Crippen LogP contribution < -0.4 is 5.32 Å². The topological polar surface area (TPSA) is 32.3 Å². The summed E-state index contributed by atoms with van der Waals surface area (Å²) in [6.45, 7) is 1.58. The Bertz CT molecular complexity index is 267. The van der Waals surface area contributed by atoms with Gasteiger partial charge in [-0.2, -0.15) is 13.2 Å². The summed E-state index contributed by atoms with van der Waals surface area (Å²) in [7, 11) is 0. The Hall–Kier alpha value is -0.780. The average molecular weight is 222 g/mol. The summed E-state index contributed by atoms with van der Waals surface area (Å²) in [5.41, 5.74) is 0. The maximum absolute atomic E-state index is 12.2. The van der Waals surface area contributed by atoms with Gasteiger partial charge in [0.25, 0.3) is 0 Å². The van der Waals surface area contributed by atoms with Gasteiger partial charge in [-0.05, 0) is 25.3 Å². The molecule has 0 radical (unpaired) electrons. The molecule has 86 valence electrons. The van der Waals surface area contributed by atoms with Gasteiger partial charge in [0.2, 0.25) is 0 Å². The van der Waals surface area contributed by atoms with E-state index in [1.807, 2.05) is 0 Å². The molecule has 0 bridgehead atoms. The van der Waals surface area contributed by atoms with Crippen molar-refractivity contribution in [2.45, 2.75) is 25.1 Å². The lowest BCUT2D eigenvalue weighted by Gasteiger charge is -2.32. The van der Waals surface area contributed by atoms with Crippen molar-refractivity contribution in [3.63, 3.8) is 0 Å². The molecule has 2 atom stereocenters. The van der Waals surface area contributed by atoms with Crippen LogP contribution >= 0.6 is 0 Å². The number of nitrogens with one attached hydrogen (secondary N) is 1. The number of rotatable bonds is 0. The first kappa shape index (κ1) is 10.7. The van der Waals surface area contributed by atoms with Crippen LogP contribution in [0.15, 0.2) is 0 Å². The molecule has 6 heteroatoms. The zero-order valence-corrected chi connectivity index (χ0v) is 8.18. The van der Waals surface area contributed by atoms with Crippen molar-refractivity contribution in [3.05, 3.63) is 0 Å². The van der Waals surface area contributed by atoms with Crippen LogP contribution in [0.3, 0.4) is 0 Å². The second-order valence-electron chi connectivity index (χ2n) is 4.11. The average Bonchev–Trinajstić information content (AvgIpc) is 2.58. The Morgan fingerprint density at radius 1 is 1.33 bits per heavy atom. The number of likely N-dealkylation sites (tertiary alicyclic amines) is 1. The monoisotopic (exact) mass is 222 g/mol. The molecule has 3 nitrogen and oxygen atoms in total. The van der Waals surface area contributed by atoms with E-state index >= 15 is 0 Å². The summed E-state index contributed by atoms with van der Waals surface area (Å²) in [4.78, 5) is 12.1. The normalized spacial score (nSPS) is 31.5. The fourth-order valence-corrected chi connectivity index (χ4v) is 2.48. The minimum absolute atomic E-state index is 0.245. The summed E-state index contributed by atoms with van der Waals surface area (Å²) in [5.74, 6) is -1.43. The predicted molar refractivity (Wildman–Crippen MR) is 47.1 cm³/mol. The summed E-state index contributed by atoms with van der Waals surface area (Å²) in [6.07, 6.45) is -3.16. The van der Waals surface area contributed by atoms with Gasteiger partial charge in [-0.3, -0.25) is 4.79 Å². The fourth-order valence-electron chi connectivity index (χ4n) is 2.48. The number of carbonyl (C=O) groups is 1. The van der Waals surface area contributed by atoms with Crippen molar-refractivity contribution in [1.82, 2.24) is 10.2 Å². The van der Waals surface area contributed by atoms with Crippen LogP contribution in [-0.4, -0.2) is 42.7 Å².